The molecule has 6 heteroatoms. The number of aldehydes is 2. The molecule has 0 unspecified atom stereocenters. The summed E-state index contributed by atoms with van der Waals surface area (Å²) in [5.41, 5.74) is 1.98. The van der Waals surface area contributed by atoms with Gasteiger partial charge in [0.15, 0.2) is 6.29 Å². The first kappa shape index (κ1) is 20.2. The van der Waals surface area contributed by atoms with Gasteiger partial charge >= 0.3 is 0 Å². The minimum atomic E-state index is -0.708. The van der Waals surface area contributed by atoms with Crippen molar-refractivity contribution in [3.8, 4) is 5.75 Å². The molecule has 22 heavy (non-hydrogen) atoms. The fraction of sp³-hybridized carbons (Fsp3) is 0.500. The SMILES string of the molecule is CC(CO)(CO)CO.COc1cc(C=O)c(C)c(C)c1C=O. The summed E-state index contributed by atoms with van der Waals surface area (Å²) in [4.78, 5) is 21.5. The lowest BCUT2D eigenvalue weighted by molar-refractivity contribution is 0.0200. The van der Waals surface area contributed by atoms with Crippen molar-refractivity contribution in [1.29, 1.82) is 0 Å². The zero-order chi connectivity index (χ0) is 17.3. The van der Waals surface area contributed by atoms with Crippen LogP contribution >= 0.6 is 0 Å². The van der Waals surface area contributed by atoms with Gasteiger partial charge in [0, 0.05) is 11.0 Å². The molecule has 0 aliphatic rings. The van der Waals surface area contributed by atoms with Gasteiger partial charge in [-0.05, 0) is 31.0 Å². The number of methoxy groups -OCH3 is 1. The standard InChI is InChI=1S/C11H12O3.C5H12O3/c1-7-8(2)10(6-13)11(14-3)4-9(7)5-12;1-5(2-6,3-7)4-8/h4-6H,1-3H3;6-8H,2-4H2,1H3. The molecule has 0 heterocycles. The van der Waals surface area contributed by atoms with Crippen LogP contribution in [0.1, 0.15) is 38.8 Å². The van der Waals surface area contributed by atoms with Crippen LogP contribution < -0.4 is 4.74 Å². The number of carbonyl (C=O) groups is 2. The largest absolute Gasteiger partial charge is 0.496 e. The minimum Gasteiger partial charge on any atom is -0.496 e. The molecular formula is C16H24O6. The predicted molar refractivity (Wildman–Crippen MR) is 82.6 cm³/mol. The van der Waals surface area contributed by atoms with Crippen molar-refractivity contribution in [2.45, 2.75) is 20.8 Å². The lowest BCUT2D eigenvalue weighted by Crippen LogP contribution is -2.29. The molecule has 0 aliphatic carbocycles. The molecule has 0 atom stereocenters. The Kier molecular flexibility index (Phi) is 8.55. The highest BCUT2D eigenvalue weighted by atomic mass is 16.5. The fourth-order valence-corrected chi connectivity index (χ4v) is 1.52. The van der Waals surface area contributed by atoms with Crippen molar-refractivity contribution < 1.29 is 29.6 Å². The molecular weight excluding hydrogens is 288 g/mol. The first-order chi connectivity index (χ1) is 10.3. The topological polar surface area (TPSA) is 104 Å². The van der Waals surface area contributed by atoms with Gasteiger partial charge in [-0.1, -0.05) is 6.92 Å². The van der Waals surface area contributed by atoms with Crippen molar-refractivity contribution >= 4 is 12.6 Å². The van der Waals surface area contributed by atoms with E-state index in [1.165, 1.54) is 7.11 Å². The van der Waals surface area contributed by atoms with E-state index in [1.54, 1.807) is 19.9 Å². The first-order valence-corrected chi connectivity index (χ1v) is 6.75. The average molecular weight is 312 g/mol. The quantitative estimate of drug-likeness (QED) is 0.674. The summed E-state index contributed by atoms with van der Waals surface area (Å²) in [5.74, 6) is 0.449. The van der Waals surface area contributed by atoms with Gasteiger partial charge < -0.3 is 20.1 Å². The van der Waals surface area contributed by atoms with Crippen LogP contribution in [-0.4, -0.2) is 54.8 Å². The fourth-order valence-electron chi connectivity index (χ4n) is 1.52. The molecule has 0 aromatic heterocycles. The van der Waals surface area contributed by atoms with Crippen LogP contribution in [0, 0.1) is 19.3 Å². The Morgan fingerprint density at radius 3 is 1.82 bits per heavy atom. The minimum absolute atomic E-state index is 0.181. The van der Waals surface area contributed by atoms with Gasteiger partial charge in [-0.25, -0.2) is 0 Å². The normalized spacial score (nSPS) is 10.5. The Morgan fingerprint density at radius 1 is 1.05 bits per heavy atom. The summed E-state index contributed by atoms with van der Waals surface area (Å²) in [6.45, 7) is 4.67. The highest BCUT2D eigenvalue weighted by Gasteiger charge is 2.20. The lowest BCUT2D eigenvalue weighted by Gasteiger charge is -2.20. The summed E-state index contributed by atoms with van der Waals surface area (Å²) in [5, 5.41) is 25.4. The number of hydrogen-bond donors (Lipinski definition) is 3. The van der Waals surface area contributed by atoms with Crippen LogP contribution in [0.3, 0.4) is 0 Å². The maximum absolute atomic E-state index is 10.8. The number of hydrogen-bond acceptors (Lipinski definition) is 6. The van der Waals surface area contributed by atoms with E-state index in [0.717, 1.165) is 23.7 Å². The molecule has 0 amide bonds. The lowest BCUT2D eigenvalue weighted by atomic mass is 9.95. The number of rotatable bonds is 6. The highest BCUT2D eigenvalue weighted by Crippen LogP contribution is 2.25. The zero-order valence-electron chi connectivity index (χ0n) is 13.4. The summed E-state index contributed by atoms with van der Waals surface area (Å²) in [7, 11) is 1.48. The molecule has 0 saturated carbocycles. The summed E-state index contributed by atoms with van der Waals surface area (Å²) >= 11 is 0. The Labute approximate surface area is 130 Å². The van der Waals surface area contributed by atoms with Gasteiger partial charge in [-0.15, -0.1) is 0 Å². The second kappa shape index (κ2) is 9.30. The summed E-state index contributed by atoms with van der Waals surface area (Å²) < 4.78 is 5.02. The highest BCUT2D eigenvalue weighted by molar-refractivity contribution is 5.87. The molecule has 0 saturated heterocycles. The molecule has 1 rings (SSSR count). The second-order valence-corrected chi connectivity index (χ2v) is 5.35. The van der Waals surface area contributed by atoms with Crippen LogP contribution in [0.15, 0.2) is 6.07 Å². The van der Waals surface area contributed by atoms with E-state index in [2.05, 4.69) is 0 Å². The monoisotopic (exact) mass is 312 g/mol. The van der Waals surface area contributed by atoms with Gasteiger partial charge in [0.2, 0.25) is 0 Å². The van der Waals surface area contributed by atoms with Gasteiger partial charge in [-0.3, -0.25) is 9.59 Å². The van der Waals surface area contributed by atoms with Crippen molar-refractivity contribution in [3.63, 3.8) is 0 Å². The van der Waals surface area contributed by atoms with E-state index in [9.17, 15) is 9.59 Å². The van der Waals surface area contributed by atoms with Gasteiger partial charge in [0.25, 0.3) is 0 Å². The molecule has 3 N–H and O–H groups in total. The van der Waals surface area contributed by atoms with Crippen LogP contribution in [-0.2, 0) is 0 Å². The Morgan fingerprint density at radius 2 is 1.55 bits per heavy atom. The van der Waals surface area contributed by atoms with Crippen LogP contribution in [0.25, 0.3) is 0 Å². The number of ether oxygens (including phenoxy) is 1. The molecule has 124 valence electrons. The molecule has 0 fully saturated rings. The summed E-state index contributed by atoms with van der Waals surface area (Å²) in [6, 6.07) is 1.58. The zero-order valence-corrected chi connectivity index (χ0v) is 13.4. The van der Waals surface area contributed by atoms with Gasteiger partial charge in [-0.2, -0.15) is 0 Å². The Hall–Kier alpha value is -1.76. The predicted octanol–water partition coefficient (Wildman–Crippen LogP) is 0.907. The Bertz CT molecular complexity index is 498. The first-order valence-electron chi connectivity index (χ1n) is 6.75. The molecule has 0 radical (unpaired) electrons. The average Bonchev–Trinajstić information content (AvgIpc) is 2.56. The van der Waals surface area contributed by atoms with E-state index in [4.69, 9.17) is 20.1 Å². The van der Waals surface area contributed by atoms with Crippen LogP contribution in [0.2, 0.25) is 0 Å². The molecule has 1 aromatic rings. The van der Waals surface area contributed by atoms with Crippen LogP contribution in [0.5, 0.6) is 5.75 Å². The van der Waals surface area contributed by atoms with E-state index in [-0.39, 0.29) is 19.8 Å². The summed E-state index contributed by atoms with van der Waals surface area (Å²) in [6.07, 6.45) is 1.51. The van der Waals surface area contributed by atoms with Gasteiger partial charge in [0.1, 0.15) is 12.0 Å². The van der Waals surface area contributed by atoms with Gasteiger partial charge in [0.05, 0.1) is 32.5 Å². The van der Waals surface area contributed by atoms with E-state index in [0.29, 0.717) is 16.9 Å². The molecule has 0 aliphatic heterocycles. The third kappa shape index (κ3) is 4.91. The van der Waals surface area contributed by atoms with E-state index >= 15 is 0 Å². The van der Waals surface area contributed by atoms with Crippen molar-refractivity contribution in [2.75, 3.05) is 26.9 Å². The molecule has 0 spiro atoms. The smallest absolute Gasteiger partial charge is 0.154 e. The van der Waals surface area contributed by atoms with E-state index < -0.39 is 5.41 Å². The third-order valence-corrected chi connectivity index (χ3v) is 3.56. The maximum Gasteiger partial charge on any atom is 0.154 e. The second-order valence-electron chi connectivity index (χ2n) is 5.35. The third-order valence-electron chi connectivity index (χ3n) is 3.56. The van der Waals surface area contributed by atoms with Crippen molar-refractivity contribution in [1.82, 2.24) is 0 Å². The Balaban J connectivity index is 0.000000472. The van der Waals surface area contributed by atoms with Crippen LogP contribution in [0.4, 0.5) is 0 Å². The van der Waals surface area contributed by atoms with Crippen molar-refractivity contribution in [2.24, 2.45) is 5.41 Å². The van der Waals surface area contributed by atoms with Crippen molar-refractivity contribution in [3.05, 3.63) is 28.3 Å². The number of aliphatic hydroxyl groups is 3. The number of aliphatic hydroxyl groups excluding tert-OH is 3. The number of carbonyl (C=O) groups excluding carboxylic acids is 2. The van der Waals surface area contributed by atoms with E-state index in [1.807, 2.05) is 6.92 Å². The maximum atomic E-state index is 10.8. The molecule has 6 nitrogen and oxygen atoms in total. The molecule has 0 bridgehead atoms. The number of benzene rings is 1. The molecule has 1 aromatic carbocycles.